The number of hydrogen-bond acceptors (Lipinski definition) is 5. The topological polar surface area (TPSA) is 92.5 Å². The summed E-state index contributed by atoms with van der Waals surface area (Å²) >= 11 is 0. The minimum absolute atomic E-state index is 0.402. The maximum absolute atomic E-state index is 10.7. The first kappa shape index (κ1) is 9.20. The van der Waals surface area contributed by atoms with Gasteiger partial charge in [0, 0.05) is 0 Å². The second-order valence-corrected chi connectivity index (χ2v) is 2.78. The number of benzene rings is 1. The van der Waals surface area contributed by atoms with Gasteiger partial charge in [-0.2, -0.15) is 0 Å². The molecule has 0 atom stereocenters. The van der Waals surface area contributed by atoms with Crippen LogP contribution in [0.4, 0.5) is 5.82 Å². The molecule has 6 nitrogen and oxygen atoms in total. The van der Waals surface area contributed by atoms with Gasteiger partial charge in [0.2, 0.25) is 5.82 Å². The molecule has 0 bridgehead atoms. The first-order valence-corrected chi connectivity index (χ1v) is 4.06. The minimum Gasteiger partial charge on any atom is -0.476 e. The maximum atomic E-state index is 10.7. The summed E-state index contributed by atoms with van der Waals surface area (Å²) in [6.07, 6.45) is 0. The Morgan fingerprint density at radius 2 is 1.80 bits per heavy atom. The van der Waals surface area contributed by atoms with Gasteiger partial charge in [0.1, 0.15) is 0 Å². The molecule has 0 saturated carbocycles. The number of nitrogens with zero attached hydrogens (tertiary/aromatic N) is 3. The van der Waals surface area contributed by atoms with E-state index in [1.165, 1.54) is 0 Å². The minimum atomic E-state index is -1.32. The lowest BCUT2D eigenvalue weighted by molar-refractivity contribution is 0.0691. The van der Waals surface area contributed by atoms with Crippen LogP contribution in [-0.2, 0) is 0 Å². The van der Waals surface area contributed by atoms with Crippen molar-refractivity contribution in [2.45, 2.75) is 0 Å². The molecule has 0 saturated heterocycles. The molecule has 0 aliphatic heterocycles. The lowest BCUT2D eigenvalue weighted by Crippen LogP contribution is -2.02. The smallest absolute Gasteiger partial charge is 0.358 e. The van der Waals surface area contributed by atoms with Gasteiger partial charge in [-0.3, -0.25) is 0 Å². The molecule has 0 spiro atoms. The van der Waals surface area contributed by atoms with E-state index in [0.29, 0.717) is 11.0 Å². The molecule has 0 amide bonds. The van der Waals surface area contributed by atoms with E-state index >= 15 is 0 Å². The van der Waals surface area contributed by atoms with Crippen molar-refractivity contribution in [3.8, 4) is 0 Å². The maximum Gasteiger partial charge on any atom is 0.358 e. The van der Waals surface area contributed by atoms with Gasteiger partial charge >= 0.3 is 5.97 Å². The Morgan fingerprint density at radius 3 is 2.33 bits per heavy atom. The highest BCUT2D eigenvalue weighted by Crippen LogP contribution is 2.18. The Kier molecular flexibility index (Phi) is 2.09. The Balaban J connectivity index is 2.80. The molecule has 6 heteroatoms. The van der Waals surface area contributed by atoms with Crippen molar-refractivity contribution in [1.82, 2.24) is 9.97 Å². The van der Waals surface area contributed by atoms with Crippen molar-refractivity contribution in [2.75, 3.05) is 0 Å². The zero-order valence-electron chi connectivity index (χ0n) is 7.41. The van der Waals surface area contributed by atoms with Gasteiger partial charge in [-0.1, -0.05) is 12.1 Å². The Morgan fingerprint density at radius 1 is 1.20 bits per heavy atom. The fourth-order valence-electron chi connectivity index (χ4n) is 1.20. The number of aromatic carboxylic acids is 1. The highest BCUT2D eigenvalue weighted by atomic mass is 16.4. The molecule has 2 aromatic rings. The van der Waals surface area contributed by atoms with E-state index in [-0.39, 0.29) is 0 Å². The van der Waals surface area contributed by atoms with Gasteiger partial charge in [-0.25, -0.2) is 14.8 Å². The number of rotatable bonds is 2. The Labute approximate surface area is 83.6 Å². The zero-order valence-corrected chi connectivity index (χ0v) is 7.41. The average Bonchev–Trinajstić information content (AvgIpc) is 2.27. The SMILES string of the molecule is O=Nc1nc2ccccc2nc1C(=O)O. The fraction of sp³-hybridized carbons (Fsp3) is 0. The number of hydrogen-bond donors (Lipinski definition) is 1. The van der Waals surface area contributed by atoms with E-state index in [2.05, 4.69) is 15.1 Å². The van der Waals surface area contributed by atoms with Crippen LogP contribution in [0.25, 0.3) is 11.0 Å². The second-order valence-electron chi connectivity index (χ2n) is 2.78. The molecule has 1 aromatic heterocycles. The monoisotopic (exact) mass is 203 g/mol. The van der Waals surface area contributed by atoms with Crippen molar-refractivity contribution in [1.29, 1.82) is 0 Å². The van der Waals surface area contributed by atoms with Crippen molar-refractivity contribution in [2.24, 2.45) is 5.18 Å². The van der Waals surface area contributed by atoms with E-state index < -0.39 is 17.5 Å². The number of carboxylic acids is 1. The van der Waals surface area contributed by atoms with Crippen LogP contribution in [-0.4, -0.2) is 21.0 Å². The molecule has 15 heavy (non-hydrogen) atoms. The van der Waals surface area contributed by atoms with E-state index in [1.807, 2.05) is 0 Å². The molecular weight excluding hydrogens is 198 g/mol. The van der Waals surface area contributed by atoms with Crippen molar-refractivity contribution < 1.29 is 9.90 Å². The second kappa shape index (κ2) is 3.41. The van der Waals surface area contributed by atoms with Crippen LogP contribution in [0.2, 0.25) is 0 Å². The third-order valence-corrected chi connectivity index (χ3v) is 1.84. The first-order chi connectivity index (χ1) is 7.22. The van der Waals surface area contributed by atoms with Gasteiger partial charge in [0.05, 0.1) is 11.0 Å². The highest BCUT2D eigenvalue weighted by molar-refractivity contribution is 5.93. The van der Waals surface area contributed by atoms with Crippen LogP contribution in [0.3, 0.4) is 0 Å². The number of carboxylic acid groups (broad SMARTS) is 1. The number of nitroso groups, excluding NO2 is 1. The highest BCUT2D eigenvalue weighted by Gasteiger charge is 2.15. The standard InChI is InChI=1S/C9H5N3O3/c13-9(14)7-8(12-15)11-6-4-2-1-3-5(6)10-7/h1-4H,(H,13,14). The van der Waals surface area contributed by atoms with Crippen molar-refractivity contribution in [3.05, 3.63) is 34.9 Å². The number of carbonyl (C=O) groups is 1. The summed E-state index contributed by atoms with van der Waals surface area (Å²) in [5, 5.41) is 11.3. The predicted molar refractivity (Wildman–Crippen MR) is 52.0 cm³/mol. The third-order valence-electron chi connectivity index (χ3n) is 1.84. The quantitative estimate of drug-likeness (QED) is 0.750. The molecule has 74 valence electrons. The van der Waals surface area contributed by atoms with Crippen LogP contribution in [0, 0.1) is 4.91 Å². The van der Waals surface area contributed by atoms with Gasteiger partial charge < -0.3 is 5.11 Å². The first-order valence-electron chi connectivity index (χ1n) is 4.06. The molecule has 2 rings (SSSR count). The summed E-state index contributed by atoms with van der Waals surface area (Å²) in [5.74, 6) is -1.72. The summed E-state index contributed by atoms with van der Waals surface area (Å²) in [6.45, 7) is 0. The van der Waals surface area contributed by atoms with E-state index in [0.717, 1.165) is 0 Å². The largest absolute Gasteiger partial charge is 0.476 e. The summed E-state index contributed by atoms with van der Waals surface area (Å²) in [6, 6.07) is 6.66. The molecule has 1 N–H and O–H groups in total. The molecule has 0 radical (unpaired) electrons. The van der Waals surface area contributed by atoms with Crippen molar-refractivity contribution in [3.63, 3.8) is 0 Å². The number of fused-ring (bicyclic) bond motifs is 1. The van der Waals surface area contributed by atoms with Crippen molar-refractivity contribution >= 4 is 22.8 Å². The molecule has 1 heterocycles. The molecule has 1 aromatic carbocycles. The third kappa shape index (κ3) is 1.52. The predicted octanol–water partition coefficient (Wildman–Crippen LogP) is 1.73. The van der Waals surface area contributed by atoms with Gasteiger partial charge in [-0.15, -0.1) is 4.91 Å². The summed E-state index contributed by atoms with van der Waals surface area (Å²) in [4.78, 5) is 28.7. The molecule has 0 aliphatic rings. The Hall–Kier alpha value is -2.37. The summed E-state index contributed by atoms with van der Waals surface area (Å²) < 4.78 is 0. The van der Waals surface area contributed by atoms with Crippen LogP contribution in [0.15, 0.2) is 29.4 Å². The van der Waals surface area contributed by atoms with Gasteiger partial charge in [0.25, 0.3) is 0 Å². The van der Waals surface area contributed by atoms with E-state index in [4.69, 9.17) is 5.11 Å². The molecular formula is C9H5N3O3. The van der Waals surface area contributed by atoms with Gasteiger partial charge in [-0.05, 0) is 17.3 Å². The fourth-order valence-corrected chi connectivity index (χ4v) is 1.20. The number of aromatic nitrogens is 2. The zero-order chi connectivity index (χ0) is 10.8. The van der Waals surface area contributed by atoms with Gasteiger partial charge in [0.15, 0.2) is 5.69 Å². The summed E-state index contributed by atoms with van der Waals surface area (Å²) in [7, 11) is 0. The average molecular weight is 203 g/mol. The molecule has 0 aliphatic carbocycles. The number of para-hydroxylation sites is 2. The van der Waals surface area contributed by atoms with Crippen LogP contribution < -0.4 is 0 Å². The summed E-state index contributed by atoms with van der Waals surface area (Å²) in [5.41, 5.74) is 0.433. The lowest BCUT2D eigenvalue weighted by atomic mass is 10.3. The lowest BCUT2D eigenvalue weighted by Gasteiger charge is -1.99. The van der Waals surface area contributed by atoms with Crippen LogP contribution >= 0.6 is 0 Å². The molecule has 0 unspecified atom stereocenters. The van der Waals surface area contributed by atoms with E-state index in [9.17, 15) is 9.70 Å². The van der Waals surface area contributed by atoms with E-state index in [1.54, 1.807) is 24.3 Å². The normalized spacial score (nSPS) is 10.1. The molecule has 0 fully saturated rings. The van der Waals surface area contributed by atoms with Crippen LogP contribution in [0.1, 0.15) is 10.5 Å². The van der Waals surface area contributed by atoms with Crippen LogP contribution in [0.5, 0.6) is 0 Å². The Bertz CT molecular complexity index is 553.